The quantitative estimate of drug-likeness (QED) is 0.648. The summed E-state index contributed by atoms with van der Waals surface area (Å²) in [4.78, 5) is 32.1. The molecule has 1 aromatic carbocycles. The molecule has 2 bridgehead atoms. The molecule has 25 heavy (non-hydrogen) atoms. The Bertz CT molecular complexity index is 751. The lowest BCUT2D eigenvalue weighted by Gasteiger charge is -2.35. The van der Waals surface area contributed by atoms with Crippen LogP contribution < -0.4 is 0 Å². The van der Waals surface area contributed by atoms with Gasteiger partial charge in [0.25, 0.3) is 10.1 Å². The van der Waals surface area contributed by atoms with Gasteiger partial charge >= 0.3 is 0 Å². The Morgan fingerprint density at radius 3 is 1.88 bits per heavy atom. The van der Waals surface area contributed by atoms with Crippen molar-refractivity contribution < 1.29 is 27.4 Å². The summed E-state index contributed by atoms with van der Waals surface area (Å²) in [5.41, 5.74) is 0.0571. The number of Topliss-reactive ketones (excluding diaryl/α,β-unsaturated/α-hetero) is 1. The maximum absolute atomic E-state index is 11.9. The number of carbonyl (C=O) groups excluding carboxylic acids is 3. The van der Waals surface area contributed by atoms with Crippen LogP contribution in [-0.2, 0) is 14.9 Å². The molecule has 0 amide bonds. The Morgan fingerprint density at radius 1 is 1.12 bits per heavy atom. The summed E-state index contributed by atoms with van der Waals surface area (Å²) in [5, 5.41) is 0. The van der Waals surface area contributed by atoms with E-state index in [2.05, 4.69) is 0 Å². The molecular formula is C18H22O6S. The van der Waals surface area contributed by atoms with Crippen molar-refractivity contribution in [2.45, 2.75) is 33.1 Å². The van der Waals surface area contributed by atoms with Crippen LogP contribution in [0.25, 0.3) is 0 Å². The molecule has 136 valence electrons. The third-order valence-electron chi connectivity index (χ3n) is 5.78. The number of rotatable bonds is 4. The van der Waals surface area contributed by atoms with Gasteiger partial charge in [0.2, 0.25) is 0 Å². The number of carbonyl (C=O) groups is 3. The highest BCUT2D eigenvalue weighted by molar-refractivity contribution is 7.85. The van der Waals surface area contributed by atoms with Crippen molar-refractivity contribution >= 4 is 28.5 Å². The second-order valence-corrected chi connectivity index (χ2v) is 8.75. The van der Waals surface area contributed by atoms with E-state index in [4.69, 9.17) is 4.55 Å². The smallest absolute Gasteiger partial charge is 0.265 e. The van der Waals surface area contributed by atoms with Crippen LogP contribution in [0.3, 0.4) is 0 Å². The molecule has 2 fully saturated rings. The van der Waals surface area contributed by atoms with E-state index in [0.29, 0.717) is 24.0 Å². The number of aldehydes is 2. The first-order valence-electron chi connectivity index (χ1n) is 8.04. The second-order valence-electron chi connectivity index (χ2n) is 7.30. The molecule has 2 aliphatic rings. The van der Waals surface area contributed by atoms with Gasteiger partial charge in [-0.25, -0.2) is 0 Å². The molecule has 1 N–H and O–H groups in total. The van der Waals surface area contributed by atoms with Gasteiger partial charge in [-0.1, -0.05) is 38.1 Å². The Morgan fingerprint density at radius 2 is 1.60 bits per heavy atom. The lowest BCUT2D eigenvalue weighted by atomic mass is 9.70. The van der Waals surface area contributed by atoms with Crippen LogP contribution >= 0.6 is 0 Å². The molecule has 2 atom stereocenters. The Hall–Kier alpha value is -1.86. The Labute approximate surface area is 147 Å². The normalized spacial score (nSPS) is 26.7. The van der Waals surface area contributed by atoms with Crippen molar-refractivity contribution in [2.75, 3.05) is 5.75 Å². The average molecular weight is 366 g/mol. The van der Waals surface area contributed by atoms with Gasteiger partial charge in [0.1, 0.15) is 18.4 Å². The standard InChI is InChI=1S/C10H16O4S.C8H6O2/c1-9(2)7-3-4-10(9,8(11)5-7)6-15(12,13)14;9-5-7-1-2-8(6-10)4-3-7/h7H,3-6H2,1-2H3,(H,12,13,14);1-6H. The van der Waals surface area contributed by atoms with Crippen LogP contribution in [0.15, 0.2) is 24.3 Å². The number of fused-ring (bicyclic) bond motifs is 2. The highest BCUT2D eigenvalue weighted by Crippen LogP contribution is 2.64. The van der Waals surface area contributed by atoms with Gasteiger partial charge in [0.15, 0.2) is 0 Å². The zero-order valence-electron chi connectivity index (χ0n) is 14.3. The minimum absolute atomic E-state index is 0.0152. The number of hydrogen-bond acceptors (Lipinski definition) is 5. The maximum atomic E-state index is 11.9. The molecule has 6 nitrogen and oxygen atoms in total. The first-order valence-corrected chi connectivity index (χ1v) is 9.65. The van der Waals surface area contributed by atoms with E-state index in [1.807, 2.05) is 13.8 Å². The third kappa shape index (κ3) is 3.72. The highest BCUT2D eigenvalue weighted by Gasteiger charge is 2.65. The number of benzene rings is 1. The average Bonchev–Trinajstić information content (AvgIpc) is 2.88. The van der Waals surface area contributed by atoms with Crippen molar-refractivity contribution in [3.8, 4) is 0 Å². The van der Waals surface area contributed by atoms with Crippen LogP contribution in [0, 0.1) is 16.7 Å². The van der Waals surface area contributed by atoms with Crippen LogP contribution in [0.4, 0.5) is 0 Å². The largest absolute Gasteiger partial charge is 0.299 e. The molecule has 1 aromatic rings. The number of hydrogen-bond donors (Lipinski definition) is 1. The fraction of sp³-hybridized carbons (Fsp3) is 0.500. The first kappa shape index (κ1) is 19.5. The summed E-state index contributed by atoms with van der Waals surface area (Å²) in [6.07, 6.45) is 3.46. The molecule has 0 saturated heterocycles. The van der Waals surface area contributed by atoms with E-state index in [0.717, 1.165) is 19.0 Å². The lowest BCUT2D eigenvalue weighted by molar-refractivity contribution is -0.128. The van der Waals surface area contributed by atoms with E-state index in [1.54, 1.807) is 24.3 Å². The van der Waals surface area contributed by atoms with Gasteiger partial charge in [-0.15, -0.1) is 0 Å². The molecule has 2 aliphatic carbocycles. The van der Waals surface area contributed by atoms with Gasteiger partial charge in [0, 0.05) is 17.5 Å². The second kappa shape index (κ2) is 6.80. The maximum Gasteiger partial charge on any atom is 0.265 e. The molecular weight excluding hydrogens is 344 g/mol. The van der Waals surface area contributed by atoms with E-state index in [9.17, 15) is 22.8 Å². The number of ketones is 1. The predicted molar refractivity (Wildman–Crippen MR) is 92.2 cm³/mol. The predicted octanol–water partition coefficient (Wildman–Crippen LogP) is 2.58. The molecule has 0 spiro atoms. The summed E-state index contributed by atoms with van der Waals surface area (Å²) in [5.74, 6) is -0.101. The van der Waals surface area contributed by atoms with Gasteiger partial charge in [-0.05, 0) is 24.2 Å². The van der Waals surface area contributed by atoms with Crippen LogP contribution in [0.1, 0.15) is 53.8 Å². The topological polar surface area (TPSA) is 106 Å². The Balaban J connectivity index is 0.000000196. The van der Waals surface area contributed by atoms with E-state index < -0.39 is 21.3 Å². The molecule has 0 aliphatic heterocycles. The monoisotopic (exact) mass is 366 g/mol. The Kier molecular flexibility index (Phi) is 5.30. The van der Waals surface area contributed by atoms with Crippen molar-refractivity contribution in [3.05, 3.63) is 35.4 Å². The van der Waals surface area contributed by atoms with Gasteiger partial charge in [0.05, 0.1) is 11.2 Å². The van der Waals surface area contributed by atoms with Crippen molar-refractivity contribution in [1.82, 2.24) is 0 Å². The molecule has 2 saturated carbocycles. The minimum Gasteiger partial charge on any atom is -0.299 e. The molecule has 0 aromatic heterocycles. The summed E-state index contributed by atoms with van der Waals surface area (Å²) < 4.78 is 31.0. The summed E-state index contributed by atoms with van der Waals surface area (Å²) in [6, 6.07) is 6.43. The summed E-state index contributed by atoms with van der Waals surface area (Å²) in [6.45, 7) is 3.89. The lowest BCUT2D eigenvalue weighted by Crippen LogP contribution is -2.42. The highest BCUT2D eigenvalue weighted by atomic mass is 32.2. The molecule has 0 radical (unpaired) electrons. The third-order valence-corrected chi connectivity index (χ3v) is 6.63. The molecule has 2 unspecified atom stereocenters. The first-order chi connectivity index (χ1) is 11.6. The van der Waals surface area contributed by atoms with E-state index in [1.165, 1.54) is 0 Å². The molecule has 0 heterocycles. The van der Waals surface area contributed by atoms with Gasteiger partial charge in [-0.2, -0.15) is 8.42 Å². The fourth-order valence-electron chi connectivity index (χ4n) is 4.07. The summed E-state index contributed by atoms with van der Waals surface area (Å²) >= 11 is 0. The van der Waals surface area contributed by atoms with E-state index >= 15 is 0 Å². The van der Waals surface area contributed by atoms with Crippen LogP contribution in [0.2, 0.25) is 0 Å². The fourth-order valence-corrected chi connectivity index (χ4v) is 5.37. The van der Waals surface area contributed by atoms with Crippen LogP contribution in [0.5, 0.6) is 0 Å². The van der Waals surface area contributed by atoms with E-state index in [-0.39, 0.29) is 17.1 Å². The zero-order chi connectivity index (χ0) is 18.9. The van der Waals surface area contributed by atoms with Gasteiger partial charge in [-0.3, -0.25) is 18.9 Å². The SMILES string of the molecule is CC1(C)C2CCC1(CS(=O)(=O)O)C(=O)C2.O=Cc1ccc(C=O)cc1. The van der Waals surface area contributed by atoms with Crippen molar-refractivity contribution in [1.29, 1.82) is 0 Å². The zero-order valence-corrected chi connectivity index (χ0v) is 15.1. The molecule has 3 rings (SSSR count). The van der Waals surface area contributed by atoms with Crippen molar-refractivity contribution in [2.24, 2.45) is 16.7 Å². The van der Waals surface area contributed by atoms with Crippen LogP contribution in [-0.4, -0.2) is 37.1 Å². The van der Waals surface area contributed by atoms with Crippen molar-refractivity contribution in [3.63, 3.8) is 0 Å². The summed E-state index contributed by atoms with van der Waals surface area (Å²) in [7, 11) is -4.08. The van der Waals surface area contributed by atoms with Gasteiger partial charge < -0.3 is 0 Å². The molecule has 7 heteroatoms. The minimum atomic E-state index is -4.08.